The van der Waals surface area contributed by atoms with Crippen LogP contribution < -0.4 is 10.5 Å². The van der Waals surface area contributed by atoms with Crippen molar-refractivity contribution in [2.24, 2.45) is 5.73 Å². The fourth-order valence-corrected chi connectivity index (χ4v) is 1.54. The quantitative estimate of drug-likeness (QED) is 0.595. The lowest BCUT2D eigenvalue weighted by Crippen LogP contribution is -2.32. The molecule has 3 N–H and O–H groups in total. The Balaban J connectivity index is 2.47. The molecule has 0 fully saturated rings. The van der Waals surface area contributed by atoms with E-state index in [1.54, 1.807) is 0 Å². The van der Waals surface area contributed by atoms with Crippen molar-refractivity contribution in [2.75, 3.05) is 11.9 Å². The van der Waals surface area contributed by atoms with E-state index >= 15 is 0 Å². The van der Waals surface area contributed by atoms with E-state index in [4.69, 9.17) is 15.6 Å². The summed E-state index contributed by atoms with van der Waals surface area (Å²) >= 11 is 3.33. The minimum Gasteiger partial charge on any atom is -0.494 e. The van der Waals surface area contributed by atoms with Gasteiger partial charge < -0.3 is 15.6 Å². The lowest BCUT2D eigenvalue weighted by Gasteiger charge is -2.08. The van der Waals surface area contributed by atoms with Crippen LogP contribution in [-0.4, -0.2) is 29.1 Å². The third-order valence-corrected chi connectivity index (χ3v) is 2.80. The van der Waals surface area contributed by atoms with E-state index in [0.717, 1.165) is 23.1 Å². The summed E-state index contributed by atoms with van der Waals surface area (Å²) in [4.78, 5) is 10.6. The molecule has 1 rings (SSSR count). The van der Waals surface area contributed by atoms with Gasteiger partial charge in [0.2, 0.25) is 0 Å². The molecule has 0 heterocycles. The molecule has 0 bridgehead atoms. The summed E-state index contributed by atoms with van der Waals surface area (Å²) in [6.07, 6.45) is 1.28. The van der Waals surface area contributed by atoms with Crippen molar-refractivity contribution in [3.8, 4) is 5.75 Å². The molecule has 0 unspecified atom stereocenters. The van der Waals surface area contributed by atoms with Crippen LogP contribution in [0.15, 0.2) is 24.3 Å². The zero-order valence-corrected chi connectivity index (χ0v) is 11.0. The topological polar surface area (TPSA) is 72.5 Å². The van der Waals surface area contributed by atoms with Gasteiger partial charge in [-0.25, -0.2) is 0 Å². The predicted molar refractivity (Wildman–Crippen MR) is 69.7 cm³/mol. The van der Waals surface area contributed by atoms with Crippen molar-refractivity contribution >= 4 is 21.9 Å². The molecule has 1 atom stereocenters. The summed E-state index contributed by atoms with van der Waals surface area (Å²) in [7, 11) is 0. The molecule has 4 nitrogen and oxygen atoms in total. The van der Waals surface area contributed by atoms with Gasteiger partial charge in [-0.15, -0.1) is 0 Å². The van der Waals surface area contributed by atoms with Crippen LogP contribution in [-0.2, 0) is 11.2 Å². The Hall–Kier alpha value is -1.07. The predicted octanol–water partition coefficient (Wildman–Crippen LogP) is 1.80. The molecule has 0 aliphatic rings. The second kappa shape index (κ2) is 7.29. The zero-order valence-electron chi connectivity index (χ0n) is 9.43. The van der Waals surface area contributed by atoms with Gasteiger partial charge in [-0.2, -0.15) is 0 Å². The second-order valence-electron chi connectivity index (χ2n) is 3.68. The number of alkyl halides is 1. The fraction of sp³-hybridized carbons (Fsp3) is 0.417. The van der Waals surface area contributed by atoms with Crippen LogP contribution in [0.5, 0.6) is 5.75 Å². The number of hydrogen-bond donors (Lipinski definition) is 2. The number of carboxylic acids is 1. The zero-order chi connectivity index (χ0) is 12.7. The first-order valence-electron chi connectivity index (χ1n) is 5.39. The average Bonchev–Trinajstić information content (AvgIpc) is 2.31. The van der Waals surface area contributed by atoms with Crippen molar-refractivity contribution < 1.29 is 14.6 Å². The fourth-order valence-electron chi connectivity index (χ4n) is 1.31. The van der Waals surface area contributed by atoms with Gasteiger partial charge in [-0.1, -0.05) is 28.1 Å². The summed E-state index contributed by atoms with van der Waals surface area (Å²) in [6, 6.07) is 6.49. The highest BCUT2D eigenvalue weighted by Crippen LogP contribution is 2.13. The summed E-state index contributed by atoms with van der Waals surface area (Å²) in [5.74, 6) is -0.193. The molecule has 1 aromatic rings. The molecular weight excluding hydrogens is 286 g/mol. The Bertz CT molecular complexity index is 353. The van der Waals surface area contributed by atoms with E-state index in [1.165, 1.54) is 0 Å². The summed E-state index contributed by atoms with van der Waals surface area (Å²) in [5, 5.41) is 9.60. The standard InChI is InChI=1S/C12H16BrNO3/c13-6-1-7-17-10-4-2-9(3-5-10)8-11(14)12(15)16/h2-5,11H,1,6-8,14H2,(H,15,16)/t11-/m0/s1. The lowest BCUT2D eigenvalue weighted by atomic mass is 10.1. The van der Waals surface area contributed by atoms with Crippen LogP contribution in [0.4, 0.5) is 0 Å². The van der Waals surface area contributed by atoms with Gasteiger partial charge in [0.25, 0.3) is 0 Å². The Morgan fingerprint density at radius 3 is 2.59 bits per heavy atom. The van der Waals surface area contributed by atoms with E-state index in [-0.39, 0.29) is 0 Å². The Kier molecular flexibility index (Phi) is 6.00. The monoisotopic (exact) mass is 301 g/mol. The summed E-state index contributed by atoms with van der Waals surface area (Å²) in [6.45, 7) is 0.666. The highest BCUT2D eigenvalue weighted by molar-refractivity contribution is 9.09. The second-order valence-corrected chi connectivity index (χ2v) is 4.48. The summed E-state index contributed by atoms with van der Waals surface area (Å²) in [5.41, 5.74) is 6.34. The van der Waals surface area contributed by atoms with Gasteiger partial charge in [-0.3, -0.25) is 4.79 Å². The SMILES string of the molecule is N[C@@H](Cc1ccc(OCCCBr)cc1)C(=O)O. The van der Waals surface area contributed by atoms with Crippen LogP contribution in [0.2, 0.25) is 0 Å². The number of aliphatic carboxylic acids is 1. The van der Waals surface area contributed by atoms with Gasteiger partial charge in [-0.05, 0) is 30.5 Å². The molecular formula is C12H16BrNO3. The molecule has 0 spiro atoms. The largest absolute Gasteiger partial charge is 0.494 e. The highest BCUT2D eigenvalue weighted by Gasteiger charge is 2.11. The Morgan fingerprint density at radius 2 is 2.06 bits per heavy atom. The maximum absolute atomic E-state index is 10.6. The number of benzene rings is 1. The average molecular weight is 302 g/mol. The molecule has 94 valence electrons. The molecule has 0 amide bonds. The van der Waals surface area contributed by atoms with Crippen LogP contribution in [0.25, 0.3) is 0 Å². The van der Waals surface area contributed by atoms with Crippen LogP contribution in [0.1, 0.15) is 12.0 Å². The van der Waals surface area contributed by atoms with Crippen molar-refractivity contribution in [3.05, 3.63) is 29.8 Å². The third kappa shape index (κ3) is 5.19. The van der Waals surface area contributed by atoms with Crippen LogP contribution in [0.3, 0.4) is 0 Å². The summed E-state index contributed by atoms with van der Waals surface area (Å²) < 4.78 is 5.48. The number of hydrogen-bond acceptors (Lipinski definition) is 3. The minimum absolute atomic E-state index is 0.330. The normalized spacial score (nSPS) is 12.1. The minimum atomic E-state index is -0.984. The maximum atomic E-state index is 10.6. The van der Waals surface area contributed by atoms with E-state index in [1.807, 2.05) is 24.3 Å². The van der Waals surface area contributed by atoms with Crippen molar-refractivity contribution in [1.29, 1.82) is 0 Å². The first-order chi connectivity index (χ1) is 8.13. The molecule has 0 saturated carbocycles. The molecule has 0 radical (unpaired) electrons. The molecule has 17 heavy (non-hydrogen) atoms. The number of carboxylic acid groups (broad SMARTS) is 1. The third-order valence-electron chi connectivity index (χ3n) is 2.24. The maximum Gasteiger partial charge on any atom is 0.320 e. The van der Waals surface area contributed by atoms with Gasteiger partial charge >= 0.3 is 5.97 Å². The first kappa shape index (κ1) is 14.0. The molecule has 0 aliphatic heterocycles. The van der Waals surface area contributed by atoms with Crippen molar-refractivity contribution in [2.45, 2.75) is 18.9 Å². The highest BCUT2D eigenvalue weighted by atomic mass is 79.9. The Labute approximate surface area is 109 Å². The number of halogens is 1. The Morgan fingerprint density at radius 1 is 1.41 bits per heavy atom. The number of rotatable bonds is 7. The molecule has 0 saturated heterocycles. The smallest absolute Gasteiger partial charge is 0.320 e. The lowest BCUT2D eigenvalue weighted by molar-refractivity contribution is -0.138. The van der Waals surface area contributed by atoms with E-state index in [0.29, 0.717) is 13.0 Å². The van der Waals surface area contributed by atoms with Crippen LogP contribution >= 0.6 is 15.9 Å². The molecule has 1 aromatic carbocycles. The van der Waals surface area contributed by atoms with E-state index in [9.17, 15) is 4.79 Å². The molecule has 0 aliphatic carbocycles. The van der Waals surface area contributed by atoms with Gasteiger partial charge in [0, 0.05) is 5.33 Å². The van der Waals surface area contributed by atoms with Gasteiger partial charge in [0.1, 0.15) is 11.8 Å². The van der Waals surface area contributed by atoms with Crippen LogP contribution in [0, 0.1) is 0 Å². The van der Waals surface area contributed by atoms with Gasteiger partial charge in [0.15, 0.2) is 0 Å². The van der Waals surface area contributed by atoms with Crippen molar-refractivity contribution in [1.82, 2.24) is 0 Å². The van der Waals surface area contributed by atoms with Crippen molar-refractivity contribution in [3.63, 3.8) is 0 Å². The van der Waals surface area contributed by atoms with E-state index < -0.39 is 12.0 Å². The molecule has 0 aromatic heterocycles. The molecule has 5 heteroatoms. The van der Waals surface area contributed by atoms with Gasteiger partial charge in [0.05, 0.1) is 6.61 Å². The number of carbonyl (C=O) groups is 1. The first-order valence-corrected chi connectivity index (χ1v) is 6.51. The van der Waals surface area contributed by atoms with E-state index in [2.05, 4.69) is 15.9 Å². The number of ether oxygens (including phenoxy) is 1. The number of nitrogens with two attached hydrogens (primary N) is 1.